The highest BCUT2D eigenvalue weighted by Crippen LogP contribution is 2.22. The van der Waals surface area contributed by atoms with Gasteiger partial charge in [-0.2, -0.15) is 5.10 Å². The molecule has 0 atom stereocenters. The number of hydrazone groups is 1. The molecule has 7 nitrogen and oxygen atoms in total. The number of carbonyl (C=O) groups excluding carboxylic acids is 1. The van der Waals surface area contributed by atoms with Crippen LogP contribution in [0.15, 0.2) is 47.6 Å². The van der Waals surface area contributed by atoms with Gasteiger partial charge in [0.1, 0.15) is 12.3 Å². The van der Waals surface area contributed by atoms with E-state index in [1.54, 1.807) is 42.5 Å². The number of anilines is 1. The molecule has 0 saturated heterocycles. The van der Waals surface area contributed by atoms with Gasteiger partial charge in [-0.1, -0.05) is 29.3 Å². The molecule has 0 unspecified atom stereocenters. The lowest BCUT2D eigenvalue weighted by atomic mass is 10.2. The summed E-state index contributed by atoms with van der Waals surface area (Å²) in [7, 11) is -3.68. The molecule has 28 heavy (non-hydrogen) atoms. The zero-order chi connectivity index (χ0) is 20.7. The number of benzene rings is 2. The smallest absolute Gasteiger partial charge is 0.260 e. The van der Waals surface area contributed by atoms with E-state index in [2.05, 4.69) is 10.5 Å². The van der Waals surface area contributed by atoms with Crippen LogP contribution in [0.3, 0.4) is 0 Å². The zero-order valence-electron chi connectivity index (χ0n) is 15.2. The predicted octanol–water partition coefficient (Wildman–Crippen LogP) is 3.31. The van der Waals surface area contributed by atoms with Crippen molar-refractivity contribution in [1.29, 1.82) is 0 Å². The van der Waals surface area contributed by atoms with E-state index in [0.29, 0.717) is 33.7 Å². The summed E-state index contributed by atoms with van der Waals surface area (Å²) in [5.41, 5.74) is 3.26. The molecule has 0 aliphatic rings. The molecule has 0 bridgehead atoms. The van der Waals surface area contributed by atoms with Gasteiger partial charge < -0.3 is 4.74 Å². The Kier molecular flexibility index (Phi) is 7.68. The van der Waals surface area contributed by atoms with Crippen molar-refractivity contribution in [3.05, 3.63) is 58.1 Å². The first-order valence-electron chi connectivity index (χ1n) is 8.18. The molecule has 0 aliphatic heterocycles. The maximum absolute atomic E-state index is 12.2. The molecule has 0 saturated carbocycles. The summed E-state index contributed by atoms with van der Waals surface area (Å²) in [6.45, 7) is 1.92. The molecule has 2 rings (SSSR count). The van der Waals surface area contributed by atoms with E-state index in [9.17, 15) is 13.2 Å². The Labute approximate surface area is 173 Å². The van der Waals surface area contributed by atoms with E-state index in [4.69, 9.17) is 27.9 Å². The van der Waals surface area contributed by atoms with E-state index in [1.807, 2.05) is 6.92 Å². The lowest BCUT2D eigenvalue weighted by Crippen LogP contribution is -2.39. The van der Waals surface area contributed by atoms with Crippen LogP contribution < -0.4 is 14.5 Å². The molecule has 0 fully saturated rings. The van der Waals surface area contributed by atoms with Crippen LogP contribution in [-0.4, -0.2) is 39.9 Å². The summed E-state index contributed by atoms with van der Waals surface area (Å²) in [6.07, 6.45) is 2.40. The largest absolute Gasteiger partial charge is 0.494 e. The number of nitrogens with one attached hydrogen (secondary N) is 1. The zero-order valence-corrected chi connectivity index (χ0v) is 17.6. The standard InChI is InChI=1S/C18H19Cl2N3O4S/c1-3-27-15-7-5-14(6-8-15)23(28(2,25)26)12-18(24)22-21-11-13-4-9-16(19)17(20)10-13/h4-11H,3,12H2,1-2H3,(H,22,24)/b21-11-. The van der Waals surface area contributed by atoms with Crippen molar-refractivity contribution in [1.82, 2.24) is 5.43 Å². The van der Waals surface area contributed by atoms with Crippen molar-refractivity contribution in [2.45, 2.75) is 6.92 Å². The van der Waals surface area contributed by atoms with Crippen LogP contribution in [0.5, 0.6) is 5.75 Å². The first kappa shape index (κ1) is 22.0. The number of rotatable bonds is 8. The third kappa shape index (κ3) is 6.40. The number of hydrogen-bond acceptors (Lipinski definition) is 5. The van der Waals surface area contributed by atoms with Crippen molar-refractivity contribution < 1.29 is 17.9 Å². The Balaban J connectivity index is 2.06. The van der Waals surface area contributed by atoms with Crippen LogP contribution in [0, 0.1) is 0 Å². The summed E-state index contributed by atoms with van der Waals surface area (Å²) >= 11 is 11.7. The maximum Gasteiger partial charge on any atom is 0.260 e. The summed E-state index contributed by atoms with van der Waals surface area (Å²) in [5.74, 6) is 0.00555. The van der Waals surface area contributed by atoms with Crippen LogP contribution in [0.1, 0.15) is 12.5 Å². The molecule has 0 aliphatic carbocycles. The summed E-state index contributed by atoms with van der Waals surface area (Å²) in [4.78, 5) is 12.2. The highest BCUT2D eigenvalue weighted by Gasteiger charge is 2.20. The SMILES string of the molecule is CCOc1ccc(N(CC(=O)N/N=C\c2ccc(Cl)c(Cl)c2)S(C)(=O)=O)cc1. The van der Waals surface area contributed by atoms with Crippen molar-refractivity contribution in [3.8, 4) is 5.75 Å². The Bertz CT molecular complexity index is 963. The van der Waals surface area contributed by atoms with E-state index < -0.39 is 22.5 Å². The molecule has 2 aromatic carbocycles. The first-order valence-corrected chi connectivity index (χ1v) is 10.8. The molecule has 1 amide bonds. The Morgan fingerprint density at radius 3 is 2.43 bits per heavy atom. The molecule has 0 radical (unpaired) electrons. The van der Waals surface area contributed by atoms with Gasteiger partial charge in [-0.3, -0.25) is 9.10 Å². The maximum atomic E-state index is 12.2. The fourth-order valence-corrected chi connectivity index (χ4v) is 3.38. The molecule has 0 aromatic heterocycles. The van der Waals surface area contributed by atoms with E-state index >= 15 is 0 Å². The average molecular weight is 444 g/mol. The van der Waals surface area contributed by atoms with Crippen molar-refractivity contribution in [2.24, 2.45) is 5.10 Å². The average Bonchev–Trinajstić information content (AvgIpc) is 2.63. The molecule has 0 spiro atoms. The monoisotopic (exact) mass is 443 g/mol. The summed E-state index contributed by atoms with van der Waals surface area (Å²) in [6, 6.07) is 11.3. The quantitative estimate of drug-likeness (QED) is 0.500. The fraction of sp³-hybridized carbons (Fsp3) is 0.222. The second-order valence-electron chi connectivity index (χ2n) is 5.66. The number of ether oxygens (including phenoxy) is 1. The van der Waals surface area contributed by atoms with Crippen LogP contribution >= 0.6 is 23.2 Å². The van der Waals surface area contributed by atoms with Gasteiger partial charge in [0.15, 0.2) is 0 Å². The lowest BCUT2D eigenvalue weighted by molar-refractivity contribution is -0.119. The second-order valence-corrected chi connectivity index (χ2v) is 8.38. The van der Waals surface area contributed by atoms with E-state index in [0.717, 1.165) is 10.6 Å². The minimum absolute atomic E-state index is 0.342. The number of amides is 1. The molecule has 150 valence electrons. The molecule has 2 aromatic rings. The molecule has 10 heteroatoms. The van der Waals surface area contributed by atoms with Crippen LogP contribution in [-0.2, 0) is 14.8 Å². The third-order valence-electron chi connectivity index (χ3n) is 3.47. The van der Waals surface area contributed by atoms with Crippen LogP contribution in [0.2, 0.25) is 10.0 Å². The summed E-state index contributed by atoms with van der Waals surface area (Å²) in [5, 5.41) is 4.57. The van der Waals surface area contributed by atoms with Crippen LogP contribution in [0.4, 0.5) is 5.69 Å². The topological polar surface area (TPSA) is 88.1 Å². The number of sulfonamides is 1. The number of carbonyl (C=O) groups is 1. The van der Waals surface area contributed by atoms with E-state index in [1.165, 1.54) is 6.21 Å². The van der Waals surface area contributed by atoms with Crippen molar-refractivity contribution >= 4 is 51.0 Å². The van der Waals surface area contributed by atoms with Gasteiger partial charge in [-0.15, -0.1) is 0 Å². The molecular formula is C18H19Cl2N3O4S. The van der Waals surface area contributed by atoms with Gasteiger partial charge in [-0.05, 0) is 48.9 Å². The normalized spacial score (nSPS) is 11.4. The van der Waals surface area contributed by atoms with Gasteiger partial charge in [0.2, 0.25) is 10.0 Å². The number of hydrogen-bond donors (Lipinski definition) is 1. The van der Waals surface area contributed by atoms with Crippen LogP contribution in [0.25, 0.3) is 0 Å². The molecular weight excluding hydrogens is 425 g/mol. The molecule has 0 heterocycles. The Hall–Kier alpha value is -2.29. The lowest BCUT2D eigenvalue weighted by Gasteiger charge is -2.21. The van der Waals surface area contributed by atoms with Crippen molar-refractivity contribution in [3.63, 3.8) is 0 Å². The summed E-state index contributed by atoms with van der Waals surface area (Å²) < 4.78 is 30.5. The first-order chi connectivity index (χ1) is 13.2. The van der Waals surface area contributed by atoms with Gasteiger partial charge in [0.05, 0.1) is 34.8 Å². The Morgan fingerprint density at radius 2 is 1.86 bits per heavy atom. The predicted molar refractivity (Wildman–Crippen MR) is 112 cm³/mol. The van der Waals surface area contributed by atoms with Gasteiger partial charge in [0, 0.05) is 0 Å². The number of halogens is 2. The van der Waals surface area contributed by atoms with Gasteiger partial charge in [0.25, 0.3) is 5.91 Å². The molecule has 1 N–H and O–H groups in total. The van der Waals surface area contributed by atoms with Gasteiger partial charge in [-0.25, -0.2) is 13.8 Å². The second kappa shape index (κ2) is 9.77. The highest BCUT2D eigenvalue weighted by molar-refractivity contribution is 7.92. The minimum atomic E-state index is -3.68. The third-order valence-corrected chi connectivity index (χ3v) is 5.35. The van der Waals surface area contributed by atoms with Gasteiger partial charge >= 0.3 is 0 Å². The fourth-order valence-electron chi connectivity index (χ4n) is 2.21. The van der Waals surface area contributed by atoms with E-state index in [-0.39, 0.29) is 0 Å². The Morgan fingerprint density at radius 1 is 1.18 bits per heavy atom. The number of nitrogens with zero attached hydrogens (tertiary/aromatic N) is 2. The highest BCUT2D eigenvalue weighted by atomic mass is 35.5. The minimum Gasteiger partial charge on any atom is -0.494 e. The van der Waals surface area contributed by atoms with Crippen molar-refractivity contribution in [2.75, 3.05) is 23.7 Å².